The third kappa shape index (κ3) is 1.55. The van der Waals surface area contributed by atoms with Crippen LogP contribution in [0.1, 0.15) is 16.1 Å². The highest BCUT2D eigenvalue weighted by Crippen LogP contribution is 2.08. The van der Waals surface area contributed by atoms with E-state index in [0.29, 0.717) is 10.0 Å². The predicted octanol–water partition coefficient (Wildman–Crippen LogP) is 1.14. The summed E-state index contributed by atoms with van der Waals surface area (Å²) in [5.41, 5.74) is 0.0233. The molecule has 0 aliphatic rings. The Morgan fingerprint density at radius 3 is 2.75 bits per heavy atom. The quantitative estimate of drug-likeness (QED) is 0.762. The molecule has 4 nitrogen and oxygen atoms in total. The maximum absolute atomic E-state index is 10.9. The Bertz CT molecular complexity index is 383. The molecule has 0 amide bonds. The zero-order valence-electron chi connectivity index (χ0n) is 6.22. The largest absolute Gasteiger partial charge is 0.477 e. The van der Waals surface area contributed by atoms with Gasteiger partial charge >= 0.3 is 5.97 Å². The van der Waals surface area contributed by atoms with E-state index in [1.807, 2.05) is 0 Å². The Hall–Kier alpha value is -1.10. The molecule has 0 aliphatic heterocycles. The van der Waals surface area contributed by atoms with Gasteiger partial charge in [0.1, 0.15) is 5.69 Å². The molecule has 0 aliphatic carbocycles. The Labute approximate surface area is 76.4 Å². The van der Waals surface area contributed by atoms with Gasteiger partial charge in [-0.25, -0.2) is 4.79 Å². The first-order valence-corrected chi connectivity index (χ1v) is 3.94. The zero-order chi connectivity index (χ0) is 9.30. The van der Waals surface area contributed by atoms with E-state index < -0.39 is 11.5 Å². The van der Waals surface area contributed by atoms with E-state index in [1.165, 1.54) is 6.07 Å². The number of aromatic carboxylic acids is 1. The van der Waals surface area contributed by atoms with Crippen LogP contribution in [0, 0.1) is 6.92 Å². The normalized spacial score (nSPS) is 9.83. The molecule has 0 saturated heterocycles. The van der Waals surface area contributed by atoms with Crippen molar-refractivity contribution in [1.29, 1.82) is 0 Å². The summed E-state index contributed by atoms with van der Waals surface area (Å²) in [6, 6.07) is 1.47. The molecule has 1 aromatic rings. The van der Waals surface area contributed by atoms with Gasteiger partial charge in [-0.3, -0.25) is 4.79 Å². The van der Waals surface area contributed by atoms with Gasteiger partial charge < -0.3 is 10.1 Å². The van der Waals surface area contributed by atoms with Crippen LogP contribution in [0.5, 0.6) is 0 Å². The standard InChI is InChI=1S/C7H6BrNO3/c1-3-2-4(8)6(10)9-5(3)7(11)12/h2H,1H3,(H,9,10)(H,11,12). The topological polar surface area (TPSA) is 70.2 Å². The van der Waals surface area contributed by atoms with Crippen LogP contribution in [0.25, 0.3) is 0 Å². The highest BCUT2D eigenvalue weighted by molar-refractivity contribution is 9.10. The van der Waals surface area contributed by atoms with Crippen LogP contribution < -0.4 is 5.56 Å². The average Bonchev–Trinajstić information content (AvgIpc) is 1.96. The van der Waals surface area contributed by atoms with Crippen LogP contribution in [0.3, 0.4) is 0 Å². The molecule has 1 aromatic heterocycles. The summed E-state index contributed by atoms with van der Waals surface area (Å²) in [5.74, 6) is -1.13. The van der Waals surface area contributed by atoms with Gasteiger partial charge in [-0.05, 0) is 34.5 Å². The van der Waals surface area contributed by atoms with Gasteiger partial charge in [-0.2, -0.15) is 0 Å². The number of aromatic amines is 1. The summed E-state index contributed by atoms with van der Waals surface area (Å²) in [5, 5.41) is 8.60. The lowest BCUT2D eigenvalue weighted by molar-refractivity contribution is 0.0689. The number of carboxylic acid groups (broad SMARTS) is 1. The van der Waals surface area contributed by atoms with Gasteiger partial charge in [0.2, 0.25) is 0 Å². The van der Waals surface area contributed by atoms with Crippen LogP contribution in [0.2, 0.25) is 0 Å². The first-order chi connectivity index (χ1) is 5.52. The molecule has 64 valence electrons. The van der Waals surface area contributed by atoms with E-state index in [0.717, 1.165) is 0 Å². The van der Waals surface area contributed by atoms with E-state index in [2.05, 4.69) is 20.9 Å². The van der Waals surface area contributed by atoms with Crippen LogP contribution >= 0.6 is 15.9 Å². The van der Waals surface area contributed by atoms with Crippen LogP contribution in [-0.4, -0.2) is 16.1 Å². The number of hydrogen-bond donors (Lipinski definition) is 2. The van der Waals surface area contributed by atoms with Gasteiger partial charge in [0.05, 0.1) is 4.47 Å². The lowest BCUT2D eigenvalue weighted by Gasteiger charge is -1.99. The van der Waals surface area contributed by atoms with Gasteiger partial charge in [-0.1, -0.05) is 0 Å². The molecular weight excluding hydrogens is 226 g/mol. The van der Waals surface area contributed by atoms with Crippen molar-refractivity contribution >= 4 is 21.9 Å². The van der Waals surface area contributed by atoms with Crippen molar-refractivity contribution in [3.8, 4) is 0 Å². The van der Waals surface area contributed by atoms with Gasteiger partial charge in [0, 0.05) is 0 Å². The van der Waals surface area contributed by atoms with E-state index in [-0.39, 0.29) is 5.69 Å². The average molecular weight is 232 g/mol. The fraction of sp³-hybridized carbons (Fsp3) is 0.143. The fourth-order valence-electron chi connectivity index (χ4n) is 0.822. The highest BCUT2D eigenvalue weighted by atomic mass is 79.9. The molecule has 0 saturated carbocycles. The second-order valence-electron chi connectivity index (χ2n) is 2.31. The fourth-order valence-corrected chi connectivity index (χ4v) is 1.26. The summed E-state index contributed by atoms with van der Waals surface area (Å²) in [7, 11) is 0. The monoisotopic (exact) mass is 231 g/mol. The van der Waals surface area contributed by atoms with E-state index >= 15 is 0 Å². The molecule has 0 radical (unpaired) electrons. The summed E-state index contributed by atoms with van der Waals surface area (Å²) < 4.78 is 0.338. The minimum atomic E-state index is -1.13. The van der Waals surface area contributed by atoms with Gasteiger partial charge in [0.25, 0.3) is 5.56 Å². The third-order valence-corrected chi connectivity index (χ3v) is 2.00. The molecule has 0 bridgehead atoms. The SMILES string of the molecule is Cc1cc(Br)c(=O)[nH]c1C(=O)O. The number of H-pyrrole nitrogens is 1. The maximum atomic E-state index is 10.9. The molecule has 2 N–H and O–H groups in total. The lowest BCUT2D eigenvalue weighted by atomic mass is 10.2. The van der Waals surface area contributed by atoms with Crippen molar-refractivity contribution in [2.24, 2.45) is 0 Å². The number of carbonyl (C=O) groups is 1. The zero-order valence-corrected chi connectivity index (χ0v) is 7.81. The Morgan fingerprint density at radius 2 is 2.25 bits per heavy atom. The molecule has 0 fully saturated rings. The molecule has 0 unspecified atom stereocenters. The highest BCUT2D eigenvalue weighted by Gasteiger charge is 2.09. The van der Waals surface area contributed by atoms with Gasteiger partial charge in [-0.15, -0.1) is 0 Å². The van der Waals surface area contributed by atoms with E-state index in [4.69, 9.17) is 5.11 Å². The maximum Gasteiger partial charge on any atom is 0.352 e. The molecule has 5 heteroatoms. The Balaban J connectivity index is 3.43. The Kier molecular flexibility index (Phi) is 2.32. The van der Waals surface area contributed by atoms with E-state index in [9.17, 15) is 9.59 Å². The third-order valence-electron chi connectivity index (χ3n) is 1.41. The molecule has 0 aromatic carbocycles. The number of hydrogen-bond acceptors (Lipinski definition) is 2. The second kappa shape index (κ2) is 3.10. The predicted molar refractivity (Wildman–Crippen MR) is 46.5 cm³/mol. The number of halogens is 1. The van der Waals surface area contributed by atoms with Crippen molar-refractivity contribution in [3.05, 3.63) is 32.2 Å². The van der Waals surface area contributed by atoms with Crippen molar-refractivity contribution < 1.29 is 9.90 Å². The number of nitrogens with one attached hydrogen (secondary N) is 1. The lowest BCUT2D eigenvalue weighted by Crippen LogP contribution is -2.14. The minimum absolute atomic E-state index is 0.0665. The molecule has 1 heterocycles. The molecule has 1 rings (SSSR count). The van der Waals surface area contributed by atoms with Crippen LogP contribution in [0.4, 0.5) is 0 Å². The minimum Gasteiger partial charge on any atom is -0.477 e. The summed E-state index contributed by atoms with van der Waals surface area (Å²) in [6.07, 6.45) is 0. The van der Waals surface area contributed by atoms with Crippen LogP contribution in [-0.2, 0) is 0 Å². The summed E-state index contributed by atoms with van der Waals surface area (Å²) in [4.78, 5) is 23.7. The Morgan fingerprint density at radius 1 is 1.67 bits per heavy atom. The summed E-state index contributed by atoms with van der Waals surface area (Å²) >= 11 is 2.99. The number of carboxylic acids is 1. The van der Waals surface area contributed by atoms with Gasteiger partial charge in [0.15, 0.2) is 0 Å². The number of rotatable bonds is 1. The molecule has 0 spiro atoms. The number of pyridine rings is 1. The van der Waals surface area contributed by atoms with Crippen molar-refractivity contribution in [1.82, 2.24) is 4.98 Å². The van der Waals surface area contributed by atoms with Crippen molar-refractivity contribution in [2.45, 2.75) is 6.92 Å². The first kappa shape index (κ1) is 8.99. The molecular formula is C7H6BrNO3. The summed E-state index contributed by atoms with van der Waals surface area (Å²) in [6.45, 7) is 1.62. The van der Waals surface area contributed by atoms with Crippen molar-refractivity contribution in [2.75, 3.05) is 0 Å². The van der Waals surface area contributed by atoms with E-state index in [1.54, 1.807) is 6.92 Å². The molecule has 12 heavy (non-hydrogen) atoms. The number of aryl methyl sites for hydroxylation is 1. The molecule has 0 atom stereocenters. The van der Waals surface area contributed by atoms with Crippen LogP contribution in [0.15, 0.2) is 15.3 Å². The number of aromatic nitrogens is 1. The first-order valence-electron chi connectivity index (χ1n) is 3.15. The van der Waals surface area contributed by atoms with Crippen molar-refractivity contribution in [3.63, 3.8) is 0 Å². The smallest absolute Gasteiger partial charge is 0.352 e. The second-order valence-corrected chi connectivity index (χ2v) is 3.16.